The SMILES string of the molecule is CCN(CC)c1ccc(C(=O)OC2CCCCC2=O)c(O)c1. The van der Waals surface area contributed by atoms with Gasteiger partial charge in [-0.1, -0.05) is 0 Å². The first-order valence-electron chi connectivity index (χ1n) is 7.88. The van der Waals surface area contributed by atoms with Crippen LogP contribution in [0.4, 0.5) is 5.69 Å². The molecular weight excluding hydrogens is 282 g/mol. The predicted octanol–water partition coefficient (Wildman–Crippen LogP) is 2.91. The first kappa shape index (κ1) is 16.3. The molecule has 0 bridgehead atoms. The number of ketones is 1. The Balaban J connectivity index is 2.11. The number of ether oxygens (including phenoxy) is 1. The monoisotopic (exact) mass is 305 g/mol. The van der Waals surface area contributed by atoms with Gasteiger partial charge in [-0.05, 0) is 45.2 Å². The van der Waals surface area contributed by atoms with E-state index in [-0.39, 0.29) is 17.1 Å². The zero-order valence-corrected chi connectivity index (χ0v) is 13.2. The molecule has 1 aliphatic rings. The van der Waals surface area contributed by atoms with Crippen molar-refractivity contribution in [1.82, 2.24) is 0 Å². The van der Waals surface area contributed by atoms with E-state index in [0.29, 0.717) is 12.8 Å². The Bertz CT molecular complexity index is 552. The normalized spacial score (nSPS) is 18.1. The van der Waals surface area contributed by atoms with Crippen molar-refractivity contribution in [2.75, 3.05) is 18.0 Å². The molecule has 0 saturated heterocycles. The number of rotatable bonds is 5. The van der Waals surface area contributed by atoms with Gasteiger partial charge in [0, 0.05) is 31.3 Å². The number of phenolic OH excluding ortho intramolecular Hbond substituents is 1. The van der Waals surface area contributed by atoms with Crippen LogP contribution < -0.4 is 4.90 Å². The number of phenols is 1. The quantitative estimate of drug-likeness (QED) is 0.847. The molecule has 0 spiro atoms. The molecule has 5 heteroatoms. The third kappa shape index (κ3) is 3.59. The molecule has 0 aliphatic heterocycles. The Hall–Kier alpha value is -2.04. The van der Waals surface area contributed by atoms with Gasteiger partial charge in [-0.25, -0.2) is 4.79 Å². The predicted molar refractivity (Wildman–Crippen MR) is 84.3 cm³/mol. The van der Waals surface area contributed by atoms with Gasteiger partial charge in [-0.15, -0.1) is 0 Å². The molecule has 1 aromatic carbocycles. The number of carbonyl (C=O) groups is 2. The van der Waals surface area contributed by atoms with E-state index in [1.54, 1.807) is 18.2 Å². The van der Waals surface area contributed by atoms with Gasteiger partial charge in [0.2, 0.25) is 0 Å². The maximum absolute atomic E-state index is 12.2. The second-order valence-corrected chi connectivity index (χ2v) is 5.48. The summed E-state index contributed by atoms with van der Waals surface area (Å²) in [6.45, 7) is 5.68. The summed E-state index contributed by atoms with van der Waals surface area (Å²) >= 11 is 0. The number of Topliss-reactive ketones (excluding diaryl/α,β-unsaturated/α-hetero) is 1. The van der Waals surface area contributed by atoms with E-state index < -0.39 is 12.1 Å². The minimum Gasteiger partial charge on any atom is -0.507 e. The van der Waals surface area contributed by atoms with E-state index in [0.717, 1.165) is 31.6 Å². The molecule has 1 aromatic rings. The number of esters is 1. The van der Waals surface area contributed by atoms with E-state index in [2.05, 4.69) is 4.90 Å². The summed E-state index contributed by atoms with van der Waals surface area (Å²) in [4.78, 5) is 25.9. The van der Waals surface area contributed by atoms with E-state index in [4.69, 9.17) is 4.74 Å². The first-order valence-corrected chi connectivity index (χ1v) is 7.88. The Morgan fingerprint density at radius 1 is 1.32 bits per heavy atom. The highest BCUT2D eigenvalue weighted by atomic mass is 16.5. The summed E-state index contributed by atoms with van der Waals surface area (Å²) in [5, 5.41) is 10.1. The van der Waals surface area contributed by atoms with Crippen LogP contribution in [-0.2, 0) is 9.53 Å². The fraction of sp³-hybridized carbons (Fsp3) is 0.529. The maximum atomic E-state index is 12.2. The highest BCUT2D eigenvalue weighted by molar-refractivity contribution is 5.95. The number of anilines is 1. The van der Waals surface area contributed by atoms with E-state index in [1.165, 1.54) is 0 Å². The molecule has 0 amide bonds. The lowest BCUT2D eigenvalue weighted by atomic mass is 9.96. The molecule has 0 aromatic heterocycles. The summed E-state index contributed by atoms with van der Waals surface area (Å²) in [7, 11) is 0. The molecule has 1 saturated carbocycles. The fourth-order valence-electron chi connectivity index (χ4n) is 2.75. The van der Waals surface area contributed by atoms with Crippen LogP contribution in [0, 0.1) is 0 Å². The van der Waals surface area contributed by atoms with Gasteiger partial charge in [0.1, 0.15) is 11.3 Å². The highest BCUT2D eigenvalue weighted by Crippen LogP contribution is 2.27. The third-order valence-electron chi connectivity index (χ3n) is 4.08. The van der Waals surface area contributed by atoms with Crippen LogP contribution in [0.5, 0.6) is 5.75 Å². The van der Waals surface area contributed by atoms with E-state index in [1.807, 2.05) is 13.8 Å². The fourth-order valence-corrected chi connectivity index (χ4v) is 2.75. The van der Waals surface area contributed by atoms with Gasteiger partial charge in [0.15, 0.2) is 11.9 Å². The topological polar surface area (TPSA) is 66.8 Å². The van der Waals surface area contributed by atoms with Crippen molar-refractivity contribution >= 4 is 17.4 Å². The van der Waals surface area contributed by atoms with Gasteiger partial charge in [-0.2, -0.15) is 0 Å². The molecule has 2 rings (SSSR count). The summed E-state index contributed by atoms with van der Waals surface area (Å²) in [5.41, 5.74) is 0.960. The first-order chi connectivity index (χ1) is 10.6. The summed E-state index contributed by atoms with van der Waals surface area (Å²) in [6, 6.07) is 4.90. The molecular formula is C17H23NO4. The van der Waals surface area contributed by atoms with Crippen LogP contribution in [0.2, 0.25) is 0 Å². The highest BCUT2D eigenvalue weighted by Gasteiger charge is 2.27. The Morgan fingerprint density at radius 3 is 2.64 bits per heavy atom. The molecule has 1 aliphatic carbocycles. The van der Waals surface area contributed by atoms with Crippen LogP contribution in [-0.4, -0.2) is 36.1 Å². The van der Waals surface area contributed by atoms with Crippen molar-refractivity contribution in [3.05, 3.63) is 23.8 Å². The lowest BCUT2D eigenvalue weighted by Crippen LogP contribution is -2.30. The van der Waals surface area contributed by atoms with Gasteiger partial charge < -0.3 is 14.7 Å². The van der Waals surface area contributed by atoms with Gasteiger partial charge in [-0.3, -0.25) is 4.79 Å². The Labute approximate surface area is 130 Å². The molecule has 120 valence electrons. The van der Waals surface area contributed by atoms with Crippen LogP contribution in [0.3, 0.4) is 0 Å². The molecule has 1 fully saturated rings. The summed E-state index contributed by atoms with van der Waals surface area (Å²) < 4.78 is 5.26. The van der Waals surface area contributed by atoms with Crippen LogP contribution in [0.1, 0.15) is 49.9 Å². The number of benzene rings is 1. The van der Waals surface area contributed by atoms with E-state index in [9.17, 15) is 14.7 Å². The second-order valence-electron chi connectivity index (χ2n) is 5.48. The molecule has 1 N–H and O–H groups in total. The van der Waals surface area contributed by atoms with Crippen molar-refractivity contribution in [2.45, 2.75) is 45.6 Å². The van der Waals surface area contributed by atoms with Crippen LogP contribution in [0.15, 0.2) is 18.2 Å². The molecule has 22 heavy (non-hydrogen) atoms. The zero-order valence-electron chi connectivity index (χ0n) is 13.2. The minimum atomic E-state index is -0.664. The van der Waals surface area contributed by atoms with Crippen molar-refractivity contribution in [2.24, 2.45) is 0 Å². The number of hydrogen-bond donors (Lipinski definition) is 1. The summed E-state index contributed by atoms with van der Waals surface area (Å²) in [6.07, 6.45) is 2.11. The number of carbonyl (C=O) groups excluding carboxylic acids is 2. The Morgan fingerprint density at radius 2 is 2.05 bits per heavy atom. The standard InChI is InChI=1S/C17H23NO4/c1-3-18(4-2)12-9-10-13(15(20)11-12)17(21)22-16-8-6-5-7-14(16)19/h9-11,16,20H,3-8H2,1-2H3. The number of hydrogen-bond acceptors (Lipinski definition) is 5. The third-order valence-corrected chi connectivity index (χ3v) is 4.08. The number of nitrogens with zero attached hydrogens (tertiary/aromatic N) is 1. The molecule has 5 nitrogen and oxygen atoms in total. The van der Waals surface area contributed by atoms with Crippen LogP contribution in [0.25, 0.3) is 0 Å². The van der Waals surface area contributed by atoms with Crippen LogP contribution >= 0.6 is 0 Å². The lowest BCUT2D eigenvalue weighted by Gasteiger charge is -2.22. The second kappa shape index (κ2) is 7.29. The van der Waals surface area contributed by atoms with Gasteiger partial charge >= 0.3 is 5.97 Å². The molecule has 0 radical (unpaired) electrons. The number of aromatic hydroxyl groups is 1. The maximum Gasteiger partial charge on any atom is 0.342 e. The molecule has 0 heterocycles. The minimum absolute atomic E-state index is 0.0288. The smallest absolute Gasteiger partial charge is 0.342 e. The lowest BCUT2D eigenvalue weighted by molar-refractivity contribution is -0.129. The molecule has 1 atom stereocenters. The van der Waals surface area contributed by atoms with Crippen molar-refractivity contribution < 1.29 is 19.4 Å². The van der Waals surface area contributed by atoms with Gasteiger partial charge in [0.25, 0.3) is 0 Å². The van der Waals surface area contributed by atoms with Crippen molar-refractivity contribution in [1.29, 1.82) is 0 Å². The van der Waals surface area contributed by atoms with Crippen molar-refractivity contribution in [3.63, 3.8) is 0 Å². The summed E-state index contributed by atoms with van der Waals surface area (Å²) in [5.74, 6) is -0.777. The van der Waals surface area contributed by atoms with Crippen molar-refractivity contribution in [3.8, 4) is 5.75 Å². The average Bonchev–Trinajstić information content (AvgIpc) is 2.51. The molecule has 1 unspecified atom stereocenters. The largest absolute Gasteiger partial charge is 0.507 e. The average molecular weight is 305 g/mol. The Kier molecular flexibility index (Phi) is 5.41. The zero-order chi connectivity index (χ0) is 16.1. The van der Waals surface area contributed by atoms with Gasteiger partial charge in [0.05, 0.1) is 0 Å². The van der Waals surface area contributed by atoms with E-state index >= 15 is 0 Å².